The van der Waals surface area contributed by atoms with Crippen LogP contribution in [0.25, 0.3) is 0 Å². The summed E-state index contributed by atoms with van der Waals surface area (Å²) in [6.07, 6.45) is 0.960. The highest BCUT2D eigenvalue weighted by Crippen LogP contribution is 2.33. The molecule has 0 spiro atoms. The van der Waals surface area contributed by atoms with E-state index >= 15 is 0 Å². The molecule has 0 bridgehead atoms. The number of aromatic carboxylic acids is 1. The predicted molar refractivity (Wildman–Crippen MR) is 85.2 cm³/mol. The van der Waals surface area contributed by atoms with E-state index in [-0.39, 0.29) is 24.7 Å². The Hall–Kier alpha value is -3.61. The van der Waals surface area contributed by atoms with Crippen LogP contribution >= 0.6 is 0 Å². The molecule has 1 rings (SSSR count). The van der Waals surface area contributed by atoms with Crippen molar-refractivity contribution in [3.05, 3.63) is 39.6 Å². The fourth-order valence-corrected chi connectivity index (χ4v) is 1.77. The van der Waals surface area contributed by atoms with Crippen LogP contribution in [-0.2, 0) is 9.53 Å². The molecule has 0 saturated carbocycles. The average molecular weight is 349 g/mol. The van der Waals surface area contributed by atoms with E-state index in [0.29, 0.717) is 0 Å². The number of carboxylic acids is 1. The summed E-state index contributed by atoms with van der Waals surface area (Å²) in [5, 5.41) is 31.7. The zero-order valence-corrected chi connectivity index (χ0v) is 13.4. The van der Waals surface area contributed by atoms with Crippen LogP contribution in [0.1, 0.15) is 24.2 Å². The summed E-state index contributed by atoms with van der Waals surface area (Å²) in [5.74, 6) is -2.47. The van der Waals surface area contributed by atoms with Gasteiger partial charge in [-0.3, -0.25) is 10.1 Å². The van der Waals surface area contributed by atoms with Crippen LogP contribution < -0.4 is 10.1 Å². The molecule has 0 aromatic heterocycles. The second kappa shape index (κ2) is 8.88. The molecule has 0 heterocycles. The van der Waals surface area contributed by atoms with E-state index in [9.17, 15) is 24.8 Å². The second-order valence-electron chi connectivity index (χ2n) is 4.40. The number of rotatable bonds is 8. The smallest absolute Gasteiger partial charge is 0.350 e. The van der Waals surface area contributed by atoms with E-state index in [0.717, 1.165) is 18.3 Å². The minimum atomic E-state index is -1.43. The van der Waals surface area contributed by atoms with Gasteiger partial charge in [0.1, 0.15) is 6.07 Å². The molecule has 0 aliphatic carbocycles. The predicted octanol–water partition coefficient (Wildman–Crippen LogP) is 2.07. The quantitative estimate of drug-likeness (QED) is 0.236. The molecule has 0 amide bonds. The molecule has 0 fully saturated rings. The van der Waals surface area contributed by atoms with Crippen LogP contribution in [0.15, 0.2) is 23.9 Å². The van der Waals surface area contributed by atoms with Gasteiger partial charge in [0.25, 0.3) is 0 Å². The van der Waals surface area contributed by atoms with E-state index < -0.39 is 33.7 Å². The lowest BCUT2D eigenvalue weighted by Crippen LogP contribution is -2.10. The average Bonchev–Trinajstić information content (AvgIpc) is 2.55. The van der Waals surface area contributed by atoms with E-state index in [1.165, 1.54) is 0 Å². The zero-order chi connectivity index (χ0) is 19.0. The number of hydrogen-bond acceptors (Lipinski definition) is 8. The van der Waals surface area contributed by atoms with E-state index in [1.54, 1.807) is 19.9 Å². The van der Waals surface area contributed by atoms with Gasteiger partial charge in [0.15, 0.2) is 11.3 Å². The van der Waals surface area contributed by atoms with Crippen LogP contribution in [0.4, 0.5) is 11.4 Å². The fourth-order valence-electron chi connectivity index (χ4n) is 1.77. The van der Waals surface area contributed by atoms with Crippen molar-refractivity contribution in [3.8, 4) is 11.8 Å². The van der Waals surface area contributed by atoms with Gasteiger partial charge in [0, 0.05) is 18.3 Å². The Bertz CT molecular complexity index is 765. The van der Waals surface area contributed by atoms with Crippen LogP contribution in [0.3, 0.4) is 0 Å². The van der Waals surface area contributed by atoms with Crippen LogP contribution in [0, 0.1) is 21.4 Å². The molecular formula is C15H15N3O7. The molecule has 132 valence electrons. The molecule has 0 aliphatic heterocycles. The summed E-state index contributed by atoms with van der Waals surface area (Å²) < 4.78 is 9.81. The number of carbonyl (C=O) groups is 2. The fraction of sp³-hybridized carbons (Fsp3) is 0.267. The standard InChI is InChI=1S/C15H15N3O7/c1-3-24-13-6-11(10(14(19)20)5-12(13)18(22)23)17-8-9(7-16)15(21)25-4-2/h5-6,8,17H,3-4H2,1-2H3,(H,19,20). The number of anilines is 1. The molecule has 1 aromatic carbocycles. The lowest BCUT2D eigenvalue weighted by molar-refractivity contribution is -0.385. The highest BCUT2D eigenvalue weighted by Gasteiger charge is 2.22. The van der Waals surface area contributed by atoms with E-state index in [4.69, 9.17) is 10.00 Å². The molecular weight excluding hydrogens is 334 g/mol. The van der Waals surface area contributed by atoms with Crippen LogP contribution in [-0.4, -0.2) is 35.2 Å². The summed E-state index contributed by atoms with van der Waals surface area (Å²) in [4.78, 5) is 33.2. The Balaban J connectivity index is 3.35. The maximum Gasteiger partial charge on any atom is 0.350 e. The lowest BCUT2D eigenvalue weighted by Gasteiger charge is -2.10. The van der Waals surface area contributed by atoms with Crippen LogP contribution in [0.2, 0.25) is 0 Å². The number of nitrogens with one attached hydrogen (secondary N) is 1. The van der Waals surface area contributed by atoms with Crippen molar-refractivity contribution in [2.24, 2.45) is 0 Å². The number of esters is 1. The third-order valence-electron chi connectivity index (χ3n) is 2.81. The summed E-state index contributed by atoms with van der Waals surface area (Å²) in [6.45, 7) is 3.35. The minimum absolute atomic E-state index is 0.0598. The Morgan fingerprint density at radius 2 is 2.08 bits per heavy atom. The maximum absolute atomic E-state index is 11.5. The summed E-state index contributed by atoms with van der Waals surface area (Å²) in [6, 6.07) is 3.56. The molecule has 10 nitrogen and oxygen atoms in total. The van der Waals surface area contributed by atoms with Crippen LogP contribution in [0.5, 0.6) is 5.75 Å². The van der Waals surface area contributed by atoms with Crippen molar-refractivity contribution in [1.82, 2.24) is 0 Å². The molecule has 10 heteroatoms. The maximum atomic E-state index is 11.5. The minimum Gasteiger partial charge on any atom is -0.487 e. The lowest BCUT2D eigenvalue weighted by atomic mass is 10.1. The van der Waals surface area contributed by atoms with E-state index in [2.05, 4.69) is 10.1 Å². The van der Waals surface area contributed by atoms with Gasteiger partial charge >= 0.3 is 17.6 Å². The molecule has 0 saturated heterocycles. The van der Waals surface area contributed by atoms with Gasteiger partial charge < -0.3 is 19.9 Å². The Kier molecular flexibility index (Phi) is 6.90. The van der Waals surface area contributed by atoms with Crippen molar-refractivity contribution in [2.45, 2.75) is 13.8 Å². The molecule has 1 aromatic rings. The van der Waals surface area contributed by atoms with Crippen molar-refractivity contribution < 1.29 is 29.1 Å². The number of nitriles is 1. The summed E-state index contributed by atoms with van der Waals surface area (Å²) in [5.41, 5.74) is -1.42. The van der Waals surface area contributed by atoms with Crippen molar-refractivity contribution in [2.75, 3.05) is 18.5 Å². The topological polar surface area (TPSA) is 152 Å². The normalized spacial score (nSPS) is 10.5. The third-order valence-corrected chi connectivity index (χ3v) is 2.81. The van der Waals surface area contributed by atoms with E-state index in [1.807, 2.05) is 0 Å². The zero-order valence-electron chi connectivity index (χ0n) is 13.4. The Morgan fingerprint density at radius 3 is 2.56 bits per heavy atom. The van der Waals surface area contributed by atoms with Crippen molar-refractivity contribution >= 4 is 23.3 Å². The van der Waals surface area contributed by atoms with Gasteiger partial charge in [0.2, 0.25) is 0 Å². The number of nitro benzene ring substituents is 1. The molecule has 0 radical (unpaired) electrons. The van der Waals surface area contributed by atoms with Gasteiger partial charge in [-0.1, -0.05) is 0 Å². The van der Waals surface area contributed by atoms with Gasteiger partial charge in [0.05, 0.1) is 29.4 Å². The Morgan fingerprint density at radius 1 is 1.40 bits per heavy atom. The first-order valence-electron chi connectivity index (χ1n) is 7.08. The number of carboxylic acid groups (broad SMARTS) is 1. The first-order valence-corrected chi connectivity index (χ1v) is 7.08. The monoisotopic (exact) mass is 349 g/mol. The largest absolute Gasteiger partial charge is 0.487 e. The number of hydrogen-bond donors (Lipinski definition) is 2. The Labute approximate surface area is 142 Å². The van der Waals surface area contributed by atoms with Gasteiger partial charge in [-0.2, -0.15) is 5.26 Å². The number of nitro groups is 1. The number of carbonyl (C=O) groups excluding carboxylic acids is 1. The highest BCUT2D eigenvalue weighted by atomic mass is 16.6. The summed E-state index contributed by atoms with van der Waals surface area (Å²) in [7, 11) is 0. The highest BCUT2D eigenvalue weighted by molar-refractivity contribution is 5.97. The molecule has 0 atom stereocenters. The first kappa shape index (κ1) is 19.4. The molecule has 0 aliphatic rings. The number of ether oxygens (including phenoxy) is 2. The molecule has 0 unspecified atom stereocenters. The summed E-state index contributed by atoms with van der Waals surface area (Å²) >= 11 is 0. The number of nitrogens with zero attached hydrogens (tertiary/aromatic N) is 2. The van der Waals surface area contributed by atoms with Gasteiger partial charge in [-0.15, -0.1) is 0 Å². The van der Waals surface area contributed by atoms with Crippen molar-refractivity contribution in [1.29, 1.82) is 5.26 Å². The molecule has 25 heavy (non-hydrogen) atoms. The van der Waals surface area contributed by atoms with Crippen molar-refractivity contribution in [3.63, 3.8) is 0 Å². The second-order valence-corrected chi connectivity index (χ2v) is 4.40. The van der Waals surface area contributed by atoms with Gasteiger partial charge in [-0.05, 0) is 13.8 Å². The molecule has 2 N–H and O–H groups in total. The first-order chi connectivity index (χ1) is 11.8. The van der Waals surface area contributed by atoms with Gasteiger partial charge in [-0.25, -0.2) is 9.59 Å². The number of benzene rings is 1. The SMILES string of the molecule is CCOC(=O)C(C#N)=CNc1cc(OCC)c([N+](=O)[O-])cc1C(=O)O. The third kappa shape index (κ3) is 4.93.